The number of fused-ring (bicyclic) bond motifs is 1. The van der Waals surface area contributed by atoms with Gasteiger partial charge < -0.3 is 14.2 Å². The first kappa shape index (κ1) is 19.8. The molecule has 4 rings (SSSR count). The first-order chi connectivity index (χ1) is 13.6. The van der Waals surface area contributed by atoms with Crippen molar-refractivity contribution in [1.29, 1.82) is 0 Å². The van der Waals surface area contributed by atoms with Gasteiger partial charge in [0.25, 0.3) is 0 Å². The maximum atomic E-state index is 5.22. The lowest BCUT2D eigenvalue weighted by molar-refractivity contribution is 0.149. The van der Waals surface area contributed by atoms with Gasteiger partial charge in [-0.15, -0.1) is 0 Å². The molecule has 8 heteroatoms. The zero-order chi connectivity index (χ0) is 19.5. The second-order valence-electron chi connectivity index (χ2n) is 7.37. The number of hydrogen-bond acceptors (Lipinski definition) is 5. The summed E-state index contributed by atoms with van der Waals surface area (Å²) in [5, 5.41) is 5.95. The molecule has 1 aromatic carbocycles. The Kier molecular flexibility index (Phi) is 6.29. The van der Waals surface area contributed by atoms with Crippen molar-refractivity contribution in [3.05, 3.63) is 34.3 Å². The lowest BCUT2D eigenvalue weighted by Crippen LogP contribution is -2.45. The summed E-state index contributed by atoms with van der Waals surface area (Å²) in [7, 11) is 3.92. The van der Waals surface area contributed by atoms with Gasteiger partial charge in [0, 0.05) is 72.6 Å². The summed E-state index contributed by atoms with van der Waals surface area (Å²) in [6.45, 7) is 8.02. The lowest BCUT2D eigenvalue weighted by Gasteiger charge is -2.32. The van der Waals surface area contributed by atoms with E-state index in [1.54, 1.807) is 7.11 Å². The molecule has 0 amide bonds. The Bertz CT molecular complexity index is 928. The molecule has 1 fully saturated rings. The second-order valence-corrected chi connectivity index (χ2v) is 8.53. The largest absolute Gasteiger partial charge is 0.383 e. The number of aromatic nitrogens is 4. The van der Waals surface area contributed by atoms with Crippen LogP contribution in [0.3, 0.4) is 0 Å². The van der Waals surface area contributed by atoms with E-state index < -0.39 is 0 Å². The third-order valence-corrected chi connectivity index (χ3v) is 6.26. The van der Waals surface area contributed by atoms with Gasteiger partial charge in [-0.05, 0) is 47.8 Å². The van der Waals surface area contributed by atoms with Gasteiger partial charge in [-0.2, -0.15) is 5.10 Å². The van der Waals surface area contributed by atoms with E-state index in [2.05, 4.69) is 73.4 Å². The standard InChI is InChI=1S/C20H27IN6O/c1-24-5-7-25(8-6-24)9-10-27-15-22-20(23-27)16-3-4-19-17(13-16)18(21)14-26(19)11-12-28-2/h3-4,13-15H,5-12H2,1-2H3. The molecule has 3 aromatic rings. The molecule has 1 aliphatic heterocycles. The highest BCUT2D eigenvalue weighted by molar-refractivity contribution is 14.1. The van der Waals surface area contributed by atoms with E-state index in [0.29, 0.717) is 6.61 Å². The van der Waals surface area contributed by atoms with E-state index in [0.717, 1.165) is 57.2 Å². The number of likely N-dealkylation sites (N-methyl/N-ethyl adjacent to an activating group) is 1. The zero-order valence-electron chi connectivity index (χ0n) is 16.5. The van der Waals surface area contributed by atoms with Crippen molar-refractivity contribution < 1.29 is 4.74 Å². The number of hydrogen-bond donors (Lipinski definition) is 0. The van der Waals surface area contributed by atoms with Crippen LogP contribution in [0.25, 0.3) is 22.3 Å². The van der Waals surface area contributed by atoms with Crippen LogP contribution in [-0.2, 0) is 17.8 Å². The van der Waals surface area contributed by atoms with Crippen LogP contribution >= 0.6 is 22.6 Å². The van der Waals surface area contributed by atoms with E-state index in [1.807, 2.05) is 11.0 Å². The average molecular weight is 494 g/mol. The van der Waals surface area contributed by atoms with Gasteiger partial charge in [-0.1, -0.05) is 0 Å². The molecule has 0 saturated carbocycles. The van der Waals surface area contributed by atoms with E-state index in [-0.39, 0.29) is 0 Å². The number of rotatable bonds is 7. The number of halogens is 1. The summed E-state index contributed by atoms with van der Waals surface area (Å²) in [6, 6.07) is 6.47. The third-order valence-electron chi connectivity index (χ3n) is 5.40. The minimum Gasteiger partial charge on any atom is -0.383 e. The average Bonchev–Trinajstić information content (AvgIpc) is 3.30. The van der Waals surface area contributed by atoms with Crippen LogP contribution in [0, 0.1) is 3.57 Å². The van der Waals surface area contributed by atoms with Crippen LogP contribution in [0.5, 0.6) is 0 Å². The Labute approximate surface area is 179 Å². The molecule has 2 aromatic heterocycles. The summed E-state index contributed by atoms with van der Waals surface area (Å²) in [6.07, 6.45) is 4.03. The molecule has 150 valence electrons. The Balaban J connectivity index is 1.45. The molecule has 7 nitrogen and oxygen atoms in total. The molecule has 0 aliphatic carbocycles. The van der Waals surface area contributed by atoms with Crippen molar-refractivity contribution in [2.75, 3.05) is 53.5 Å². The summed E-state index contributed by atoms with van der Waals surface area (Å²) in [5.74, 6) is 0.792. The van der Waals surface area contributed by atoms with Crippen LogP contribution < -0.4 is 0 Å². The first-order valence-electron chi connectivity index (χ1n) is 9.72. The summed E-state index contributed by atoms with van der Waals surface area (Å²) < 4.78 is 10.7. The van der Waals surface area contributed by atoms with Crippen LogP contribution in [0.1, 0.15) is 0 Å². The van der Waals surface area contributed by atoms with Gasteiger partial charge in [-0.25, -0.2) is 4.98 Å². The predicted octanol–water partition coefficient (Wildman–Crippen LogP) is 2.40. The molecule has 28 heavy (non-hydrogen) atoms. The molecule has 1 aliphatic rings. The van der Waals surface area contributed by atoms with Gasteiger partial charge >= 0.3 is 0 Å². The molecular formula is C20H27IN6O. The van der Waals surface area contributed by atoms with Crippen LogP contribution in [0.4, 0.5) is 0 Å². The van der Waals surface area contributed by atoms with Crippen LogP contribution in [0.2, 0.25) is 0 Å². The van der Waals surface area contributed by atoms with Gasteiger partial charge in [0.15, 0.2) is 5.82 Å². The quantitative estimate of drug-likeness (QED) is 0.473. The zero-order valence-corrected chi connectivity index (χ0v) is 18.7. The van der Waals surface area contributed by atoms with Crippen molar-refractivity contribution in [2.45, 2.75) is 13.1 Å². The van der Waals surface area contributed by atoms with Crippen molar-refractivity contribution in [3.63, 3.8) is 0 Å². The molecule has 0 atom stereocenters. The number of nitrogens with zero attached hydrogens (tertiary/aromatic N) is 6. The Morgan fingerprint density at radius 1 is 1.11 bits per heavy atom. The Morgan fingerprint density at radius 2 is 1.93 bits per heavy atom. The fourth-order valence-corrected chi connectivity index (χ4v) is 4.39. The topological polar surface area (TPSA) is 51.4 Å². The highest BCUT2D eigenvalue weighted by atomic mass is 127. The Hall–Kier alpha value is -1.49. The normalized spacial score (nSPS) is 16.2. The van der Waals surface area contributed by atoms with Crippen LogP contribution in [0.15, 0.2) is 30.7 Å². The van der Waals surface area contributed by atoms with Gasteiger partial charge in [0.05, 0.1) is 13.2 Å². The molecular weight excluding hydrogens is 467 g/mol. The van der Waals surface area contributed by atoms with Crippen molar-refractivity contribution in [1.82, 2.24) is 29.1 Å². The van der Waals surface area contributed by atoms with E-state index in [9.17, 15) is 0 Å². The molecule has 0 N–H and O–H groups in total. The monoisotopic (exact) mass is 494 g/mol. The summed E-state index contributed by atoms with van der Waals surface area (Å²) in [5.41, 5.74) is 2.29. The molecule has 0 unspecified atom stereocenters. The highest BCUT2D eigenvalue weighted by Gasteiger charge is 2.14. The third kappa shape index (κ3) is 4.40. The minimum atomic E-state index is 0.709. The second kappa shape index (κ2) is 8.89. The maximum Gasteiger partial charge on any atom is 0.181 e. The number of methoxy groups -OCH3 is 1. The van der Waals surface area contributed by atoms with E-state index >= 15 is 0 Å². The Morgan fingerprint density at radius 3 is 2.71 bits per heavy atom. The highest BCUT2D eigenvalue weighted by Crippen LogP contribution is 2.27. The molecule has 3 heterocycles. The fraction of sp³-hybridized carbons (Fsp3) is 0.500. The predicted molar refractivity (Wildman–Crippen MR) is 119 cm³/mol. The van der Waals surface area contributed by atoms with Crippen molar-refractivity contribution in [2.24, 2.45) is 0 Å². The lowest BCUT2D eigenvalue weighted by atomic mass is 10.1. The van der Waals surface area contributed by atoms with Gasteiger partial charge in [0.1, 0.15) is 6.33 Å². The minimum absolute atomic E-state index is 0.709. The van der Waals surface area contributed by atoms with E-state index in [1.165, 1.54) is 14.5 Å². The summed E-state index contributed by atoms with van der Waals surface area (Å²) in [4.78, 5) is 9.43. The molecule has 0 spiro atoms. The first-order valence-corrected chi connectivity index (χ1v) is 10.8. The molecule has 1 saturated heterocycles. The fourth-order valence-electron chi connectivity index (χ4n) is 3.62. The van der Waals surface area contributed by atoms with Crippen molar-refractivity contribution in [3.8, 4) is 11.4 Å². The van der Waals surface area contributed by atoms with E-state index in [4.69, 9.17) is 9.84 Å². The van der Waals surface area contributed by atoms with Gasteiger partial charge in [0.2, 0.25) is 0 Å². The SMILES string of the molecule is COCCn1cc(I)c2cc(-c3ncn(CCN4CCN(C)CC4)n3)ccc21. The van der Waals surface area contributed by atoms with Crippen molar-refractivity contribution >= 4 is 33.5 Å². The number of piperazine rings is 1. The van der Waals surface area contributed by atoms with Gasteiger partial charge in [-0.3, -0.25) is 9.58 Å². The number of ether oxygens (including phenoxy) is 1. The van der Waals surface area contributed by atoms with Crippen LogP contribution in [-0.4, -0.2) is 82.6 Å². The summed E-state index contributed by atoms with van der Waals surface area (Å²) >= 11 is 2.39. The number of benzene rings is 1. The maximum absolute atomic E-state index is 5.22. The molecule has 0 radical (unpaired) electrons. The molecule has 0 bridgehead atoms. The smallest absolute Gasteiger partial charge is 0.181 e.